The van der Waals surface area contributed by atoms with Gasteiger partial charge in [0, 0.05) is 31.6 Å². The van der Waals surface area contributed by atoms with Gasteiger partial charge in [-0.2, -0.15) is 0 Å². The zero-order chi connectivity index (χ0) is 18.5. The highest BCUT2D eigenvalue weighted by molar-refractivity contribution is 5.84. The first kappa shape index (κ1) is 21.4. The van der Waals surface area contributed by atoms with Crippen molar-refractivity contribution in [3.8, 4) is 11.8 Å². The molecule has 1 rings (SSSR count). The third-order valence-electron chi connectivity index (χ3n) is 4.73. The summed E-state index contributed by atoms with van der Waals surface area (Å²) in [5.41, 5.74) is 0. The maximum absolute atomic E-state index is 12.0. The summed E-state index contributed by atoms with van der Waals surface area (Å²) in [5, 5.41) is 18.6. The van der Waals surface area contributed by atoms with Crippen LogP contribution in [0, 0.1) is 23.7 Å². The number of hydrogen-bond donors (Lipinski definition) is 2. The Kier molecular flexibility index (Phi) is 10.9. The Balaban J connectivity index is 2.37. The summed E-state index contributed by atoms with van der Waals surface area (Å²) in [6.07, 6.45) is 12.0. The van der Waals surface area contributed by atoms with E-state index in [-0.39, 0.29) is 24.0 Å². The molecular weight excluding hydrogens is 316 g/mol. The minimum atomic E-state index is -0.800. The highest BCUT2D eigenvalue weighted by atomic mass is 16.4. The van der Waals surface area contributed by atoms with Crippen molar-refractivity contribution in [2.75, 3.05) is 0 Å². The second-order valence-corrected chi connectivity index (χ2v) is 6.88. The van der Waals surface area contributed by atoms with Gasteiger partial charge >= 0.3 is 5.97 Å². The van der Waals surface area contributed by atoms with Crippen LogP contribution in [0.2, 0.25) is 0 Å². The van der Waals surface area contributed by atoms with E-state index in [0.717, 1.165) is 25.7 Å². The summed E-state index contributed by atoms with van der Waals surface area (Å²) in [6, 6.07) is 0. The molecule has 0 heterocycles. The summed E-state index contributed by atoms with van der Waals surface area (Å²) in [4.78, 5) is 22.5. The first-order chi connectivity index (χ1) is 12.0. The fourth-order valence-electron chi connectivity index (χ4n) is 3.18. The zero-order valence-corrected chi connectivity index (χ0v) is 15.4. The van der Waals surface area contributed by atoms with Gasteiger partial charge in [-0.1, -0.05) is 44.8 Å². The van der Waals surface area contributed by atoms with Gasteiger partial charge in [-0.15, -0.1) is 11.8 Å². The van der Waals surface area contributed by atoms with Gasteiger partial charge in [-0.3, -0.25) is 9.59 Å². The molecular formula is C21H32O4. The second-order valence-electron chi connectivity index (χ2n) is 6.88. The number of rotatable bonds is 11. The molecule has 3 atom stereocenters. The molecule has 0 amide bonds. The van der Waals surface area contributed by atoms with E-state index >= 15 is 0 Å². The lowest BCUT2D eigenvalue weighted by molar-refractivity contribution is -0.137. The predicted octanol–water partition coefficient (Wildman–Crippen LogP) is 4.12. The monoisotopic (exact) mass is 348 g/mol. The molecule has 0 saturated heterocycles. The third kappa shape index (κ3) is 9.45. The van der Waals surface area contributed by atoms with Crippen LogP contribution < -0.4 is 0 Å². The maximum Gasteiger partial charge on any atom is 0.303 e. The van der Waals surface area contributed by atoms with Crippen LogP contribution in [0.25, 0.3) is 0 Å². The minimum Gasteiger partial charge on any atom is -0.481 e. The summed E-state index contributed by atoms with van der Waals surface area (Å²) >= 11 is 0. The van der Waals surface area contributed by atoms with Crippen LogP contribution in [0.5, 0.6) is 0 Å². The minimum absolute atomic E-state index is 0.0736. The van der Waals surface area contributed by atoms with Gasteiger partial charge in [-0.25, -0.2) is 0 Å². The molecule has 0 aliphatic heterocycles. The quantitative estimate of drug-likeness (QED) is 0.335. The molecule has 0 aromatic heterocycles. The third-order valence-corrected chi connectivity index (χ3v) is 4.73. The lowest BCUT2D eigenvalue weighted by Crippen LogP contribution is -2.13. The first-order valence-electron chi connectivity index (χ1n) is 9.61. The van der Waals surface area contributed by atoms with E-state index in [0.29, 0.717) is 25.7 Å². The van der Waals surface area contributed by atoms with Crippen molar-refractivity contribution >= 4 is 11.8 Å². The molecule has 0 radical (unpaired) electrons. The number of Topliss-reactive ketones (excluding diaryl/α,β-unsaturated/α-hetero) is 1. The van der Waals surface area contributed by atoms with E-state index in [1.165, 1.54) is 12.8 Å². The van der Waals surface area contributed by atoms with Crippen LogP contribution in [0.3, 0.4) is 0 Å². The van der Waals surface area contributed by atoms with E-state index in [9.17, 15) is 14.7 Å². The molecule has 1 fully saturated rings. The Morgan fingerprint density at radius 2 is 2.08 bits per heavy atom. The van der Waals surface area contributed by atoms with Crippen LogP contribution in [0.15, 0.2) is 12.2 Å². The molecule has 0 bridgehead atoms. The van der Waals surface area contributed by atoms with Crippen LogP contribution in [-0.4, -0.2) is 28.1 Å². The molecule has 0 spiro atoms. The largest absolute Gasteiger partial charge is 0.481 e. The molecule has 0 aromatic rings. The van der Waals surface area contributed by atoms with E-state index in [1.807, 2.05) is 12.2 Å². The fourth-order valence-corrected chi connectivity index (χ4v) is 3.18. The van der Waals surface area contributed by atoms with Crippen molar-refractivity contribution < 1.29 is 19.8 Å². The number of ketones is 1. The average Bonchev–Trinajstić information content (AvgIpc) is 2.93. The van der Waals surface area contributed by atoms with E-state index < -0.39 is 12.1 Å². The Bertz CT molecular complexity index is 498. The molecule has 1 saturated carbocycles. The number of allylic oxidation sites excluding steroid dienone is 1. The van der Waals surface area contributed by atoms with E-state index in [2.05, 4.69) is 18.8 Å². The number of carbonyl (C=O) groups is 2. The van der Waals surface area contributed by atoms with Crippen LogP contribution in [0.1, 0.15) is 77.6 Å². The molecule has 1 aliphatic rings. The van der Waals surface area contributed by atoms with Gasteiger partial charge < -0.3 is 10.2 Å². The number of aliphatic hydroxyl groups excluding tert-OH is 1. The van der Waals surface area contributed by atoms with Crippen LogP contribution in [0.4, 0.5) is 0 Å². The van der Waals surface area contributed by atoms with Gasteiger partial charge in [0.05, 0.1) is 6.10 Å². The fraction of sp³-hybridized carbons (Fsp3) is 0.714. The molecule has 1 aliphatic carbocycles. The normalized spacial score (nSPS) is 21.3. The first-order valence-corrected chi connectivity index (χ1v) is 9.61. The summed E-state index contributed by atoms with van der Waals surface area (Å²) in [7, 11) is 0. The Hall–Kier alpha value is -1.60. The van der Waals surface area contributed by atoms with Crippen molar-refractivity contribution in [2.24, 2.45) is 11.8 Å². The number of hydrogen-bond acceptors (Lipinski definition) is 3. The van der Waals surface area contributed by atoms with Gasteiger partial charge in [0.25, 0.3) is 0 Å². The Labute approximate surface area is 151 Å². The van der Waals surface area contributed by atoms with Gasteiger partial charge in [-0.05, 0) is 25.2 Å². The number of aliphatic hydroxyl groups is 1. The number of carboxylic acid groups (broad SMARTS) is 1. The zero-order valence-electron chi connectivity index (χ0n) is 15.4. The Morgan fingerprint density at radius 1 is 1.28 bits per heavy atom. The second kappa shape index (κ2) is 12.7. The SMILES string of the molecule is CCCCCCC(O)C=CC1CCC(=O)C1CC#CCCCC(=O)O. The predicted molar refractivity (Wildman–Crippen MR) is 99.0 cm³/mol. The van der Waals surface area contributed by atoms with E-state index in [1.54, 1.807) is 0 Å². The van der Waals surface area contributed by atoms with Crippen molar-refractivity contribution in [3.63, 3.8) is 0 Å². The standard InChI is InChI=1S/C21H32O4/c1-2-3-4-7-10-18(22)15-13-17-14-16-20(23)19(17)11-8-5-6-9-12-21(24)25/h13,15,17-19,22H,2-4,6-7,9-12,14,16H2,1H3,(H,24,25). The highest BCUT2D eigenvalue weighted by Gasteiger charge is 2.32. The highest BCUT2D eigenvalue weighted by Crippen LogP contribution is 2.32. The molecule has 4 nitrogen and oxygen atoms in total. The van der Waals surface area contributed by atoms with E-state index in [4.69, 9.17) is 5.11 Å². The topological polar surface area (TPSA) is 74.6 Å². The smallest absolute Gasteiger partial charge is 0.303 e. The molecule has 2 N–H and O–H groups in total. The van der Waals surface area contributed by atoms with Gasteiger partial charge in [0.2, 0.25) is 0 Å². The molecule has 140 valence electrons. The average molecular weight is 348 g/mol. The maximum atomic E-state index is 12.0. The number of carbonyl (C=O) groups excluding carboxylic acids is 1. The summed E-state index contributed by atoms with van der Waals surface area (Å²) in [5.74, 6) is 5.57. The van der Waals surface area contributed by atoms with Crippen molar-refractivity contribution in [2.45, 2.75) is 83.7 Å². The molecule has 0 aromatic carbocycles. The summed E-state index contributed by atoms with van der Waals surface area (Å²) < 4.78 is 0. The van der Waals surface area contributed by atoms with Crippen LogP contribution >= 0.6 is 0 Å². The van der Waals surface area contributed by atoms with Gasteiger partial charge in [0.15, 0.2) is 0 Å². The van der Waals surface area contributed by atoms with Crippen molar-refractivity contribution in [1.29, 1.82) is 0 Å². The van der Waals surface area contributed by atoms with Gasteiger partial charge in [0.1, 0.15) is 5.78 Å². The molecule has 3 unspecified atom stereocenters. The van der Waals surface area contributed by atoms with Crippen LogP contribution in [-0.2, 0) is 9.59 Å². The molecule has 4 heteroatoms. The number of unbranched alkanes of at least 4 members (excludes halogenated alkanes) is 4. The number of aliphatic carboxylic acids is 1. The number of carboxylic acids is 1. The Morgan fingerprint density at radius 3 is 2.80 bits per heavy atom. The lowest BCUT2D eigenvalue weighted by Gasteiger charge is -2.13. The molecule has 25 heavy (non-hydrogen) atoms. The summed E-state index contributed by atoms with van der Waals surface area (Å²) in [6.45, 7) is 2.17. The van der Waals surface area contributed by atoms with Crippen molar-refractivity contribution in [3.05, 3.63) is 12.2 Å². The lowest BCUT2D eigenvalue weighted by atomic mass is 9.91. The van der Waals surface area contributed by atoms with Crippen molar-refractivity contribution in [1.82, 2.24) is 0 Å².